The quantitative estimate of drug-likeness (QED) is 0.146. The molecule has 12 heteroatoms. The lowest BCUT2D eigenvalue weighted by atomic mass is 9.93. The van der Waals surface area contributed by atoms with Crippen molar-refractivity contribution in [2.24, 2.45) is 4.99 Å². The molecule has 1 atom stereocenters. The van der Waals surface area contributed by atoms with Gasteiger partial charge in [-0.15, -0.1) is 0 Å². The fourth-order valence-corrected chi connectivity index (χ4v) is 7.37. The molecule has 0 bridgehead atoms. The molecule has 0 spiro atoms. The van der Waals surface area contributed by atoms with Gasteiger partial charge in [0.1, 0.15) is 6.61 Å². The summed E-state index contributed by atoms with van der Waals surface area (Å²) in [5.41, 5.74) is 3.50. The van der Waals surface area contributed by atoms with Crippen molar-refractivity contribution >= 4 is 45.0 Å². The van der Waals surface area contributed by atoms with E-state index in [0.717, 1.165) is 5.56 Å². The molecule has 0 amide bonds. The van der Waals surface area contributed by atoms with Crippen LogP contribution in [-0.2, 0) is 16.1 Å². The number of carbonyl (C=O) groups is 1. The fraction of sp³-hybridized carbons (Fsp3) is 0.179. The molecule has 0 saturated heterocycles. The van der Waals surface area contributed by atoms with Gasteiger partial charge in [0.25, 0.3) is 5.56 Å². The summed E-state index contributed by atoms with van der Waals surface area (Å²) >= 11 is 4.81. The van der Waals surface area contributed by atoms with Crippen molar-refractivity contribution in [1.82, 2.24) is 4.57 Å². The number of methoxy groups -OCH3 is 3. The number of nitriles is 1. The van der Waals surface area contributed by atoms with Crippen molar-refractivity contribution in [2.75, 3.05) is 27.9 Å². The number of hydrogen-bond acceptors (Lipinski definition) is 10. The summed E-state index contributed by atoms with van der Waals surface area (Å²) in [6.07, 6.45) is 1.74. The number of esters is 1. The van der Waals surface area contributed by atoms with Crippen LogP contribution < -0.4 is 33.8 Å². The van der Waals surface area contributed by atoms with E-state index in [1.807, 2.05) is 48.5 Å². The third-order valence-corrected chi connectivity index (χ3v) is 9.73. The molecule has 0 aliphatic carbocycles. The standard InChI is InChI=1S/C39H32BrN3O7S/c1-5-49-38(45)33-34(24-11-7-6-8-12-24)42-39-43(35(33)25-15-16-29(46-2)30(20-25)47-3)37(44)32(51-39)19-23-17-28(40)36(31(18-23)48-4)50-22-27-14-10-9-13-26(27)21-41/h6-20,35H,5,22H2,1-4H3/b32-19-/t35-/m1/s1. The van der Waals surface area contributed by atoms with Crippen molar-refractivity contribution in [3.8, 4) is 29.1 Å². The molecule has 1 aromatic heterocycles. The number of benzene rings is 4. The highest BCUT2D eigenvalue weighted by atomic mass is 79.9. The number of nitrogens with zero attached hydrogens (tertiary/aromatic N) is 3. The summed E-state index contributed by atoms with van der Waals surface area (Å²) in [6, 6.07) is 26.7. The molecule has 0 fully saturated rings. The van der Waals surface area contributed by atoms with Crippen LogP contribution in [-0.4, -0.2) is 38.5 Å². The highest BCUT2D eigenvalue weighted by Crippen LogP contribution is 2.39. The van der Waals surface area contributed by atoms with E-state index in [-0.39, 0.29) is 24.3 Å². The third-order valence-electron chi connectivity index (χ3n) is 8.16. The zero-order chi connectivity index (χ0) is 36.1. The lowest BCUT2D eigenvalue weighted by Gasteiger charge is -2.26. The van der Waals surface area contributed by atoms with Gasteiger partial charge in [0.2, 0.25) is 0 Å². The minimum atomic E-state index is -0.897. The van der Waals surface area contributed by atoms with Gasteiger partial charge in [-0.1, -0.05) is 65.9 Å². The first-order valence-corrected chi connectivity index (χ1v) is 17.4. The predicted octanol–water partition coefficient (Wildman–Crippen LogP) is 6.17. The van der Waals surface area contributed by atoms with Gasteiger partial charge in [-0.2, -0.15) is 5.26 Å². The number of halogens is 1. The van der Waals surface area contributed by atoms with Crippen molar-refractivity contribution in [1.29, 1.82) is 5.26 Å². The maximum atomic E-state index is 14.4. The molecule has 1 aliphatic rings. The Labute approximate surface area is 306 Å². The number of fused-ring (bicyclic) bond motifs is 1. The van der Waals surface area contributed by atoms with Crippen molar-refractivity contribution in [3.63, 3.8) is 0 Å². The van der Waals surface area contributed by atoms with Crippen LogP contribution in [0, 0.1) is 11.3 Å². The number of carbonyl (C=O) groups excluding carboxylic acids is 1. The molecule has 258 valence electrons. The maximum Gasteiger partial charge on any atom is 0.338 e. The molecule has 6 rings (SSSR count). The minimum absolute atomic E-state index is 0.134. The first kappa shape index (κ1) is 35.2. The summed E-state index contributed by atoms with van der Waals surface area (Å²) in [4.78, 5) is 33.6. The fourth-order valence-electron chi connectivity index (χ4n) is 5.80. The van der Waals surface area contributed by atoms with Crippen LogP contribution in [0.25, 0.3) is 11.8 Å². The lowest BCUT2D eigenvalue weighted by molar-refractivity contribution is -0.138. The molecule has 10 nitrogen and oxygen atoms in total. The second-order valence-corrected chi connectivity index (χ2v) is 13.0. The zero-order valence-electron chi connectivity index (χ0n) is 28.1. The average Bonchev–Trinajstić information content (AvgIpc) is 3.47. The summed E-state index contributed by atoms with van der Waals surface area (Å²) < 4.78 is 30.9. The number of aromatic nitrogens is 1. The van der Waals surface area contributed by atoms with Crippen LogP contribution in [0.5, 0.6) is 23.0 Å². The zero-order valence-corrected chi connectivity index (χ0v) is 30.5. The van der Waals surface area contributed by atoms with Gasteiger partial charge in [-0.25, -0.2) is 9.79 Å². The van der Waals surface area contributed by atoms with Crippen LogP contribution in [0.4, 0.5) is 0 Å². The third kappa shape index (κ3) is 7.04. The van der Waals surface area contributed by atoms with Gasteiger partial charge in [0.05, 0.1) is 65.9 Å². The van der Waals surface area contributed by atoms with Gasteiger partial charge in [-0.3, -0.25) is 9.36 Å². The smallest absolute Gasteiger partial charge is 0.338 e. The van der Waals surface area contributed by atoms with E-state index in [2.05, 4.69) is 22.0 Å². The molecule has 2 heterocycles. The Morgan fingerprint density at radius 1 is 0.961 bits per heavy atom. The van der Waals surface area contributed by atoms with Gasteiger partial charge >= 0.3 is 5.97 Å². The summed E-state index contributed by atoms with van der Waals surface area (Å²) in [5.74, 6) is 1.23. The molecular formula is C39H32BrN3O7S. The Balaban J connectivity index is 1.51. The van der Waals surface area contributed by atoms with E-state index in [1.165, 1.54) is 37.2 Å². The van der Waals surface area contributed by atoms with E-state index in [0.29, 0.717) is 64.8 Å². The van der Waals surface area contributed by atoms with Crippen molar-refractivity contribution in [3.05, 3.63) is 142 Å². The highest BCUT2D eigenvalue weighted by Gasteiger charge is 2.35. The van der Waals surface area contributed by atoms with Crippen LogP contribution in [0.15, 0.2) is 105 Å². The van der Waals surface area contributed by atoms with E-state index in [4.69, 9.17) is 28.7 Å². The summed E-state index contributed by atoms with van der Waals surface area (Å²) in [7, 11) is 4.59. The Bertz CT molecular complexity index is 2380. The molecule has 0 radical (unpaired) electrons. The molecule has 0 N–H and O–H groups in total. The first-order chi connectivity index (χ1) is 24.8. The summed E-state index contributed by atoms with van der Waals surface area (Å²) in [5, 5.41) is 9.48. The molecule has 4 aromatic carbocycles. The Morgan fingerprint density at radius 3 is 2.39 bits per heavy atom. The van der Waals surface area contributed by atoms with Crippen LogP contribution in [0.1, 0.15) is 40.8 Å². The van der Waals surface area contributed by atoms with Crippen molar-refractivity contribution in [2.45, 2.75) is 19.6 Å². The second-order valence-electron chi connectivity index (χ2n) is 11.1. The lowest BCUT2D eigenvalue weighted by Crippen LogP contribution is -2.40. The molecule has 0 unspecified atom stereocenters. The monoisotopic (exact) mass is 765 g/mol. The van der Waals surface area contributed by atoms with E-state index in [1.54, 1.807) is 49.4 Å². The summed E-state index contributed by atoms with van der Waals surface area (Å²) in [6.45, 7) is 2.02. The van der Waals surface area contributed by atoms with Gasteiger partial charge in [0, 0.05) is 11.1 Å². The molecule has 5 aromatic rings. The number of hydrogen-bond donors (Lipinski definition) is 0. The molecule has 0 saturated carbocycles. The van der Waals surface area contributed by atoms with Crippen LogP contribution >= 0.6 is 27.3 Å². The molecule has 1 aliphatic heterocycles. The SMILES string of the molecule is CCOC(=O)C1=C(c2ccccc2)N=c2s/c(=C\c3cc(Br)c(OCc4ccccc4C#N)c(OC)c3)c(=O)n2[C@@H]1c1ccc(OC)c(OC)c1. The number of thiazole rings is 1. The Morgan fingerprint density at radius 2 is 1.69 bits per heavy atom. The van der Waals surface area contributed by atoms with Crippen LogP contribution in [0.3, 0.4) is 0 Å². The van der Waals surface area contributed by atoms with Gasteiger partial charge in [0.15, 0.2) is 27.8 Å². The van der Waals surface area contributed by atoms with E-state index >= 15 is 0 Å². The number of rotatable bonds is 11. The van der Waals surface area contributed by atoms with E-state index < -0.39 is 12.0 Å². The average molecular weight is 767 g/mol. The molecular weight excluding hydrogens is 734 g/mol. The molecule has 51 heavy (non-hydrogen) atoms. The van der Waals surface area contributed by atoms with Gasteiger partial charge in [-0.05, 0) is 70.4 Å². The Kier molecular flexibility index (Phi) is 10.7. The minimum Gasteiger partial charge on any atom is -0.493 e. The van der Waals surface area contributed by atoms with E-state index in [9.17, 15) is 14.9 Å². The first-order valence-electron chi connectivity index (χ1n) is 15.8. The van der Waals surface area contributed by atoms with Gasteiger partial charge < -0.3 is 23.7 Å². The largest absolute Gasteiger partial charge is 0.493 e. The van der Waals surface area contributed by atoms with Crippen LogP contribution in [0.2, 0.25) is 0 Å². The Hall–Kier alpha value is -5.64. The highest BCUT2D eigenvalue weighted by molar-refractivity contribution is 9.10. The predicted molar refractivity (Wildman–Crippen MR) is 197 cm³/mol. The second kappa shape index (κ2) is 15.5. The normalized spacial score (nSPS) is 13.9. The topological polar surface area (TPSA) is 121 Å². The maximum absolute atomic E-state index is 14.4. The number of ether oxygens (including phenoxy) is 5. The van der Waals surface area contributed by atoms with Crippen molar-refractivity contribution < 1.29 is 28.5 Å².